The Hall–Kier alpha value is -1.06. The van der Waals surface area contributed by atoms with Crippen LogP contribution in [0.3, 0.4) is 0 Å². The Labute approximate surface area is 96.6 Å². The monoisotopic (exact) mass is 221 g/mol. The van der Waals surface area contributed by atoms with Gasteiger partial charge in [-0.3, -0.25) is 0 Å². The Kier molecular flexibility index (Phi) is 3.80. The average Bonchev–Trinajstić information content (AvgIpc) is 2.69. The fourth-order valence-electron chi connectivity index (χ4n) is 2.31. The number of aryl methyl sites for hydroxylation is 1. The van der Waals surface area contributed by atoms with Crippen LogP contribution in [0.2, 0.25) is 0 Å². The van der Waals surface area contributed by atoms with Crippen molar-refractivity contribution in [3.8, 4) is 0 Å². The quantitative estimate of drug-likeness (QED) is 0.762. The summed E-state index contributed by atoms with van der Waals surface area (Å²) in [5, 5.41) is 8.62. The number of hydrogen-bond acceptors (Lipinski definition) is 3. The van der Waals surface area contributed by atoms with Crippen molar-refractivity contribution in [1.29, 1.82) is 0 Å². The minimum absolute atomic E-state index is 0.107. The Morgan fingerprint density at radius 2 is 2.25 bits per heavy atom. The van der Waals surface area contributed by atoms with E-state index in [4.69, 9.17) is 9.84 Å². The van der Waals surface area contributed by atoms with Crippen molar-refractivity contribution in [2.45, 2.75) is 13.3 Å². The number of anilines is 1. The van der Waals surface area contributed by atoms with Crippen LogP contribution in [0.15, 0.2) is 18.2 Å². The van der Waals surface area contributed by atoms with Crippen LogP contribution in [0.25, 0.3) is 0 Å². The molecule has 88 valence electrons. The molecule has 0 atom stereocenters. The van der Waals surface area contributed by atoms with Crippen molar-refractivity contribution in [3.05, 3.63) is 29.3 Å². The molecule has 1 aliphatic heterocycles. The molecule has 3 heteroatoms. The van der Waals surface area contributed by atoms with Crippen molar-refractivity contribution in [2.24, 2.45) is 0 Å². The molecule has 0 amide bonds. The summed E-state index contributed by atoms with van der Waals surface area (Å²) in [5.74, 6) is 0. The standard InChI is InChI=1S/C13H19NO2/c1-11-3-2-4-12-5-6-14(13(11)12)7-9-16-10-8-15/h2-4,15H,5-10H2,1H3. The minimum Gasteiger partial charge on any atom is -0.394 e. The highest BCUT2D eigenvalue weighted by Gasteiger charge is 2.19. The van der Waals surface area contributed by atoms with Gasteiger partial charge in [0.05, 0.1) is 19.8 Å². The number of aliphatic hydroxyl groups excluding tert-OH is 1. The third-order valence-electron chi connectivity index (χ3n) is 3.03. The molecule has 0 saturated heterocycles. The van der Waals surface area contributed by atoms with Crippen molar-refractivity contribution >= 4 is 5.69 Å². The van der Waals surface area contributed by atoms with Gasteiger partial charge in [-0.2, -0.15) is 0 Å². The molecule has 0 aromatic heterocycles. The van der Waals surface area contributed by atoms with E-state index in [1.54, 1.807) is 0 Å². The summed E-state index contributed by atoms with van der Waals surface area (Å²) in [5.41, 5.74) is 4.18. The Balaban J connectivity index is 1.95. The lowest BCUT2D eigenvalue weighted by Crippen LogP contribution is -2.26. The van der Waals surface area contributed by atoms with Gasteiger partial charge < -0.3 is 14.7 Å². The molecule has 1 N–H and O–H groups in total. The molecular formula is C13H19NO2. The van der Waals surface area contributed by atoms with E-state index >= 15 is 0 Å². The number of para-hydroxylation sites is 1. The van der Waals surface area contributed by atoms with E-state index in [0.717, 1.165) is 19.5 Å². The minimum atomic E-state index is 0.107. The van der Waals surface area contributed by atoms with E-state index in [2.05, 4.69) is 30.0 Å². The summed E-state index contributed by atoms with van der Waals surface area (Å²) in [6.45, 7) is 5.39. The van der Waals surface area contributed by atoms with Gasteiger partial charge in [0.1, 0.15) is 0 Å². The van der Waals surface area contributed by atoms with Gasteiger partial charge in [0.15, 0.2) is 0 Å². The first-order chi connectivity index (χ1) is 7.83. The molecule has 1 aromatic carbocycles. The van der Waals surface area contributed by atoms with Crippen molar-refractivity contribution in [1.82, 2.24) is 0 Å². The first-order valence-electron chi connectivity index (χ1n) is 5.85. The zero-order valence-electron chi connectivity index (χ0n) is 9.78. The summed E-state index contributed by atoms with van der Waals surface area (Å²) in [4.78, 5) is 2.38. The van der Waals surface area contributed by atoms with Gasteiger partial charge in [0, 0.05) is 18.8 Å². The molecule has 1 aliphatic rings. The van der Waals surface area contributed by atoms with E-state index in [1.807, 2.05) is 0 Å². The van der Waals surface area contributed by atoms with E-state index in [1.165, 1.54) is 16.8 Å². The van der Waals surface area contributed by atoms with Crippen LogP contribution in [0.5, 0.6) is 0 Å². The maximum absolute atomic E-state index is 8.62. The molecule has 0 aliphatic carbocycles. The Bertz CT molecular complexity index is 352. The van der Waals surface area contributed by atoms with Crippen LogP contribution < -0.4 is 4.90 Å². The highest BCUT2D eigenvalue weighted by Crippen LogP contribution is 2.30. The predicted molar refractivity (Wildman–Crippen MR) is 65.0 cm³/mol. The highest BCUT2D eigenvalue weighted by atomic mass is 16.5. The normalized spacial score (nSPS) is 14.2. The van der Waals surface area contributed by atoms with Gasteiger partial charge in [0.2, 0.25) is 0 Å². The van der Waals surface area contributed by atoms with E-state index in [9.17, 15) is 0 Å². The lowest BCUT2D eigenvalue weighted by atomic mass is 10.1. The molecule has 0 radical (unpaired) electrons. The number of benzene rings is 1. The molecule has 0 bridgehead atoms. The number of ether oxygens (including phenoxy) is 1. The third-order valence-corrected chi connectivity index (χ3v) is 3.03. The molecule has 0 unspecified atom stereocenters. The largest absolute Gasteiger partial charge is 0.394 e. The number of nitrogens with zero attached hydrogens (tertiary/aromatic N) is 1. The molecule has 16 heavy (non-hydrogen) atoms. The van der Waals surface area contributed by atoms with Crippen LogP contribution in [-0.4, -0.2) is 38.0 Å². The average molecular weight is 221 g/mol. The van der Waals surface area contributed by atoms with Crippen LogP contribution in [-0.2, 0) is 11.2 Å². The van der Waals surface area contributed by atoms with Gasteiger partial charge >= 0.3 is 0 Å². The molecule has 1 aromatic rings. The van der Waals surface area contributed by atoms with Gasteiger partial charge in [-0.1, -0.05) is 18.2 Å². The third kappa shape index (κ3) is 2.36. The smallest absolute Gasteiger partial charge is 0.0698 e. The van der Waals surface area contributed by atoms with Crippen molar-refractivity contribution < 1.29 is 9.84 Å². The first kappa shape index (κ1) is 11.4. The van der Waals surface area contributed by atoms with Crippen molar-refractivity contribution in [3.63, 3.8) is 0 Å². The molecule has 1 heterocycles. The molecular weight excluding hydrogens is 202 g/mol. The highest BCUT2D eigenvalue weighted by molar-refractivity contribution is 5.62. The van der Waals surface area contributed by atoms with Crippen LogP contribution in [0, 0.1) is 6.92 Å². The number of rotatable bonds is 5. The SMILES string of the molecule is Cc1cccc2c1N(CCOCCO)CC2. The van der Waals surface area contributed by atoms with E-state index in [-0.39, 0.29) is 6.61 Å². The summed E-state index contributed by atoms with van der Waals surface area (Å²) in [6.07, 6.45) is 1.14. The van der Waals surface area contributed by atoms with Crippen molar-refractivity contribution in [2.75, 3.05) is 37.8 Å². The summed E-state index contributed by atoms with van der Waals surface area (Å²) in [6, 6.07) is 6.49. The van der Waals surface area contributed by atoms with E-state index < -0.39 is 0 Å². The van der Waals surface area contributed by atoms with Gasteiger partial charge in [-0.05, 0) is 24.5 Å². The first-order valence-corrected chi connectivity index (χ1v) is 5.85. The van der Waals surface area contributed by atoms with Crippen LogP contribution in [0.4, 0.5) is 5.69 Å². The predicted octanol–water partition coefficient (Wildman–Crippen LogP) is 1.37. The molecule has 0 spiro atoms. The number of fused-ring (bicyclic) bond motifs is 1. The summed E-state index contributed by atoms with van der Waals surface area (Å²) < 4.78 is 5.31. The molecule has 2 rings (SSSR count). The summed E-state index contributed by atoms with van der Waals surface area (Å²) >= 11 is 0. The lowest BCUT2D eigenvalue weighted by molar-refractivity contribution is 0.0968. The second kappa shape index (κ2) is 5.32. The summed E-state index contributed by atoms with van der Waals surface area (Å²) in [7, 11) is 0. The Morgan fingerprint density at radius 1 is 1.38 bits per heavy atom. The lowest BCUT2D eigenvalue weighted by Gasteiger charge is -2.21. The fourth-order valence-corrected chi connectivity index (χ4v) is 2.31. The second-order valence-corrected chi connectivity index (χ2v) is 4.16. The fraction of sp³-hybridized carbons (Fsp3) is 0.538. The van der Waals surface area contributed by atoms with Crippen LogP contribution >= 0.6 is 0 Å². The zero-order valence-corrected chi connectivity index (χ0v) is 9.78. The Morgan fingerprint density at radius 3 is 3.06 bits per heavy atom. The number of aliphatic hydroxyl groups is 1. The van der Waals surface area contributed by atoms with Crippen LogP contribution in [0.1, 0.15) is 11.1 Å². The topological polar surface area (TPSA) is 32.7 Å². The maximum Gasteiger partial charge on any atom is 0.0698 e. The zero-order chi connectivity index (χ0) is 11.4. The van der Waals surface area contributed by atoms with Gasteiger partial charge in [-0.25, -0.2) is 0 Å². The maximum atomic E-state index is 8.62. The second-order valence-electron chi connectivity index (χ2n) is 4.16. The molecule has 0 saturated carbocycles. The number of hydrogen-bond donors (Lipinski definition) is 1. The van der Waals surface area contributed by atoms with Gasteiger partial charge in [-0.15, -0.1) is 0 Å². The molecule has 3 nitrogen and oxygen atoms in total. The van der Waals surface area contributed by atoms with Gasteiger partial charge in [0.25, 0.3) is 0 Å². The molecule has 0 fully saturated rings. The van der Waals surface area contributed by atoms with E-state index in [0.29, 0.717) is 13.2 Å².